The van der Waals surface area contributed by atoms with Crippen LogP contribution in [-0.4, -0.2) is 30.5 Å². The average molecular weight is 185 g/mol. The third-order valence-electron chi connectivity index (χ3n) is 4.01. The van der Waals surface area contributed by atoms with Gasteiger partial charge in [0.2, 0.25) is 0 Å². The van der Waals surface area contributed by atoms with Gasteiger partial charge in [-0.25, -0.2) is 0 Å². The van der Waals surface area contributed by atoms with Gasteiger partial charge < -0.3 is 15.6 Å². The first-order valence-electron chi connectivity index (χ1n) is 5.23. The van der Waals surface area contributed by atoms with Crippen LogP contribution < -0.4 is 5.73 Å². The van der Waals surface area contributed by atoms with E-state index in [4.69, 9.17) is 10.5 Å². The Kier molecular flexibility index (Phi) is 2.34. The van der Waals surface area contributed by atoms with Crippen LogP contribution >= 0.6 is 0 Å². The van der Waals surface area contributed by atoms with Crippen molar-refractivity contribution in [1.29, 1.82) is 0 Å². The van der Waals surface area contributed by atoms with E-state index >= 15 is 0 Å². The second-order valence-corrected chi connectivity index (χ2v) is 4.48. The molecule has 0 radical (unpaired) electrons. The molecule has 0 spiro atoms. The fourth-order valence-electron chi connectivity index (χ4n) is 2.66. The fraction of sp³-hybridized carbons (Fsp3) is 1.00. The summed E-state index contributed by atoms with van der Waals surface area (Å²) in [7, 11) is 0. The molecule has 2 fully saturated rings. The molecule has 0 aromatic carbocycles. The number of aliphatic hydroxyl groups is 1. The maximum absolute atomic E-state index is 10.3. The zero-order valence-electron chi connectivity index (χ0n) is 8.09. The molecule has 2 rings (SSSR count). The SMILES string of the molecule is NCC1(C2(O)CCC2)CCOCC1. The molecular formula is C10H19NO2. The van der Waals surface area contributed by atoms with Gasteiger partial charge in [-0.05, 0) is 32.1 Å². The Morgan fingerprint density at radius 2 is 1.77 bits per heavy atom. The van der Waals surface area contributed by atoms with Crippen LogP contribution in [-0.2, 0) is 4.74 Å². The van der Waals surface area contributed by atoms with Crippen LogP contribution in [0.25, 0.3) is 0 Å². The topological polar surface area (TPSA) is 55.5 Å². The second-order valence-electron chi connectivity index (χ2n) is 4.48. The Labute approximate surface area is 79.3 Å². The van der Waals surface area contributed by atoms with Crippen LogP contribution in [0.3, 0.4) is 0 Å². The first kappa shape index (κ1) is 9.44. The molecule has 3 nitrogen and oxygen atoms in total. The molecule has 1 aliphatic carbocycles. The number of ether oxygens (including phenoxy) is 1. The van der Waals surface area contributed by atoms with E-state index in [-0.39, 0.29) is 5.41 Å². The van der Waals surface area contributed by atoms with Crippen molar-refractivity contribution in [3.05, 3.63) is 0 Å². The molecule has 3 heteroatoms. The third kappa shape index (κ3) is 1.30. The molecule has 0 aromatic heterocycles. The molecule has 1 aliphatic heterocycles. The largest absolute Gasteiger partial charge is 0.389 e. The molecule has 76 valence electrons. The minimum absolute atomic E-state index is 0.0382. The molecule has 13 heavy (non-hydrogen) atoms. The lowest BCUT2D eigenvalue weighted by atomic mass is 9.58. The van der Waals surface area contributed by atoms with Crippen molar-refractivity contribution in [3.63, 3.8) is 0 Å². The molecule has 0 amide bonds. The first-order chi connectivity index (χ1) is 6.22. The molecule has 1 saturated carbocycles. The highest BCUT2D eigenvalue weighted by atomic mass is 16.5. The molecule has 1 heterocycles. The van der Waals surface area contributed by atoms with E-state index in [9.17, 15) is 5.11 Å². The van der Waals surface area contributed by atoms with Crippen LogP contribution in [0.4, 0.5) is 0 Å². The first-order valence-corrected chi connectivity index (χ1v) is 5.23. The van der Waals surface area contributed by atoms with E-state index in [1.165, 1.54) is 0 Å². The molecule has 3 N–H and O–H groups in total. The fourth-order valence-corrected chi connectivity index (χ4v) is 2.66. The van der Waals surface area contributed by atoms with Crippen molar-refractivity contribution in [1.82, 2.24) is 0 Å². The Morgan fingerprint density at radius 3 is 2.15 bits per heavy atom. The van der Waals surface area contributed by atoms with Crippen molar-refractivity contribution >= 4 is 0 Å². The van der Waals surface area contributed by atoms with Crippen molar-refractivity contribution in [2.75, 3.05) is 19.8 Å². The van der Waals surface area contributed by atoms with E-state index in [1.807, 2.05) is 0 Å². The molecular weight excluding hydrogens is 166 g/mol. The Bertz CT molecular complexity index is 183. The predicted octanol–water partition coefficient (Wildman–Crippen LogP) is 0.657. The lowest BCUT2D eigenvalue weighted by molar-refractivity contribution is -0.169. The van der Waals surface area contributed by atoms with Gasteiger partial charge >= 0.3 is 0 Å². The summed E-state index contributed by atoms with van der Waals surface area (Å²) in [5, 5.41) is 10.3. The van der Waals surface area contributed by atoms with Crippen molar-refractivity contribution in [2.24, 2.45) is 11.1 Å². The van der Waals surface area contributed by atoms with E-state index in [0.717, 1.165) is 45.3 Å². The molecule has 0 atom stereocenters. The zero-order chi connectivity index (χ0) is 9.36. The standard InChI is InChI=1S/C10H19NO2/c11-8-9(4-6-13-7-5-9)10(12)2-1-3-10/h12H,1-8,11H2. The van der Waals surface area contributed by atoms with Gasteiger partial charge in [0.15, 0.2) is 0 Å². The summed E-state index contributed by atoms with van der Waals surface area (Å²) in [6, 6.07) is 0. The van der Waals surface area contributed by atoms with Gasteiger partial charge in [0.1, 0.15) is 0 Å². The van der Waals surface area contributed by atoms with Crippen molar-refractivity contribution in [3.8, 4) is 0 Å². The molecule has 1 saturated heterocycles. The summed E-state index contributed by atoms with van der Waals surface area (Å²) in [4.78, 5) is 0. The normalized spacial score (nSPS) is 30.9. The van der Waals surface area contributed by atoms with Crippen LogP contribution in [0.5, 0.6) is 0 Å². The smallest absolute Gasteiger partial charge is 0.0717 e. The van der Waals surface area contributed by atoms with Gasteiger partial charge in [-0.15, -0.1) is 0 Å². The minimum atomic E-state index is -0.467. The highest BCUT2D eigenvalue weighted by Gasteiger charge is 2.53. The maximum atomic E-state index is 10.3. The highest BCUT2D eigenvalue weighted by molar-refractivity contribution is 5.05. The van der Waals surface area contributed by atoms with Crippen LogP contribution in [0.1, 0.15) is 32.1 Å². The van der Waals surface area contributed by atoms with Gasteiger partial charge in [0.05, 0.1) is 5.60 Å². The summed E-state index contributed by atoms with van der Waals surface area (Å²) in [6.07, 6.45) is 4.88. The summed E-state index contributed by atoms with van der Waals surface area (Å²) >= 11 is 0. The molecule has 0 aromatic rings. The van der Waals surface area contributed by atoms with Gasteiger partial charge in [-0.2, -0.15) is 0 Å². The quantitative estimate of drug-likeness (QED) is 0.664. The van der Waals surface area contributed by atoms with Gasteiger partial charge in [0, 0.05) is 25.2 Å². The number of hydrogen-bond donors (Lipinski definition) is 2. The highest BCUT2D eigenvalue weighted by Crippen LogP contribution is 2.50. The third-order valence-corrected chi connectivity index (χ3v) is 4.01. The average Bonchev–Trinajstić information content (AvgIpc) is 2.15. The minimum Gasteiger partial charge on any atom is -0.389 e. The monoisotopic (exact) mass is 185 g/mol. The van der Waals surface area contributed by atoms with Gasteiger partial charge in [-0.3, -0.25) is 0 Å². The maximum Gasteiger partial charge on any atom is 0.0717 e. The van der Waals surface area contributed by atoms with Gasteiger partial charge in [0.25, 0.3) is 0 Å². The number of rotatable bonds is 2. The lowest BCUT2D eigenvalue weighted by Crippen LogP contribution is -2.58. The molecule has 0 bridgehead atoms. The van der Waals surface area contributed by atoms with Gasteiger partial charge in [-0.1, -0.05) is 0 Å². The Hall–Kier alpha value is -0.120. The Balaban J connectivity index is 2.12. The van der Waals surface area contributed by atoms with Crippen LogP contribution in [0.2, 0.25) is 0 Å². The molecule has 0 unspecified atom stereocenters. The van der Waals surface area contributed by atoms with E-state index in [1.54, 1.807) is 0 Å². The van der Waals surface area contributed by atoms with E-state index in [2.05, 4.69) is 0 Å². The zero-order valence-corrected chi connectivity index (χ0v) is 8.09. The van der Waals surface area contributed by atoms with Crippen molar-refractivity contribution in [2.45, 2.75) is 37.7 Å². The summed E-state index contributed by atoms with van der Waals surface area (Å²) < 4.78 is 5.32. The number of hydrogen-bond acceptors (Lipinski definition) is 3. The van der Waals surface area contributed by atoms with Crippen LogP contribution in [0.15, 0.2) is 0 Å². The van der Waals surface area contributed by atoms with Crippen molar-refractivity contribution < 1.29 is 9.84 Å². The summed E-state index contributed by atoms with van der Waals surface area (Å²) in [5.74, 6) is 0. The lowest BCUT2D eigenvalue weighted by Gasteiger charge is -2.54. The van der Waals surface area contributed by atoms with Crippen LogP contribution in [0, 0.1) is 5.41 Å². The second kappa shape index (κ2) is 3.23. The van der Waals surface area contributed by atoms with E-state index in [0.29, 0.717) is 6.54 Å². The predicted molar refractivity (Wildman–Crippen MR) is 50.3 cm³/mol. The Morgan fingerprint density at radius 1 is 1.15 bits per heavy atom. The molecule has 2 aliphatic rings. The van der Waals surface area contributed by atoms with E-state index < -0.39 is 5.60 Å². The summed E-state index contributed by atoms with van der Waals surface area (Å²) in [6.45, 7) is 2.13. The number of nitrogens with two attached hydrogens (primary N) is 1. The summed E-state index contributed by atoms with van der Waals surface area (Å²) in [5.41, 5.74) is 5.31.